The number of benzene rings is 1. The summed E-state index contributed by atoms with van der Waals surface area (Å²) < 4.78 is 16.4. The molecule has 0 fully saturated rings. The van der Waals surface area contributed by atoms with Crippen LogP contribution < -0.4 is 16.4 Å². The third-order valence-electron chi connectivity index (χ3n) is 3.84. The third kappa shape index (κ3) is 3.85. The maximum atomic E-state index is 14.3. The summed E-state index contributed by atoms with van der Waals surface area (Å²) in [7, 11) is 0. The Morgan fingerprint density at radius 1 is 1.11 bits per heavy atom. The topological polar surface area (TPSA) is 116 Å². The van der Waals surface area contributed by atoms with Gasteiger partial charge in [0.2, 0.25) is 5.91 Å². The molecule has 2 aromatic heterocycles. The van der Waals surface area contributed by atoms with Gasteiger partial charge < -0.3 is 9.88 Å². The Morgan fingerprint density at radius 2 is 1.89 bits per heavy atom. The van der Waals surface area contributed by atoms with Crippen LogP contribution in [-0.2, 0) is 11.3 Å². The summed E-state index contributed by atoms with van der Waals surface area (Å²) >= 11 is 0. The molecule has 0 spiro atoms. The molecule has 0 aliphatic carbocycles. The van der Waals surface area contributed by atoms with Gasteiger partial charge in [-0.3, -0.25) is 29.1 Å². The van der Waals surface area contributed by atoms with E-state index in [4.69, 9.17) is 0 Å². The zero-order chi connectivity index (χ0) is 20.3. The number of hydrogen-bond acceptors (Lipinski definition) is 5. The molecule has 3 aromatic rings. The first kappa shape index (κ1) is 18.7. The normalized spacial score (nSPS) is 10.5. The summed E-state index contributed by atoms with van der Waals surface area (Å²) in [4.78, 5) is 45.8. The summed E-state index contributed by atoms with van der Waals surface area (Å²) in [6, 6.07) is 10.6. The molecule has 1 aromatic carbocycles. The zero-order valence-electron chi connectivity index (χ0n) is 14.2. The van der Waals surface area contributed by atoms with Crippen molar-refractivity contribution in [1.29, 1.82) is 0 Å². The van der Waals surface area contributed by atoms with Gasteiger partial charge in [-0.05, 0) is 24.3 Å². The SMILES string of the molecule is O=C(Cn1cccc([N+](=O)[O-])c1=O)Nc1ccc(-n2ccccc2=O)cc1F. The minimum atomic E-state index is -0.943. The number of hydrogen-bond donors (Lipinski definition) is 1. The molecule has 0 saturated heterocycles. The Balaban J connectivity index is 1.79. The van der Waals surface area contributed by atoms with Gasteiger partial charge in [-0.25, -0.2) is 4.39 Å². The second kappa shape index (κ2) is 7.66. The largest absolute Gasteiger partial charge is 0.334 e. The van der Waals surface area contributed by atoms with Crippen LogP contribution in [0.1, 0.15) is 0 Å². The van der Waals surface area contributed by atoms with E-state index < -0.39 is 34.4 Å². The van der Waals surface area contributed by atoms with Crippen molar-refractivity contribution >= 4 is 17.3 Å². The van der Waals surface area contributed by atoms with E-state index in [2.05, 4.69) is 5.32 Å². The maximum absolute atomic E-state index is 14.3. The van der Waals surface area contributed by atoms with Gasteiger partial charge in [0.15, 0.2) is 0 Å². The van der Waals surface area contributed by atoms with E-state index in [1.807, 2.05) is 0 Å². The summed E-state index contributed by atoms with van der Waals surface area (Å²) in [6.07, 6.45) is 2.69. The Labute approximate surface area is 156 Å². The van der Waals surface area contributed by atoms with Crippen LogP contribution in [0.3, 0.4) is 0 Å². The highest BCUT2D eigenvalue weighted by atomic mass is 19.1. The maximum Gasteiger partial charge on any atom is 0.334 e. The molecular formula is C18H13FN4O5. The molecule has 142 valence electrons. The number of nitrogens with zero attached hydrogens (tertiary/aromatic N) is 3. The van der Waals surface area contributed by atoms with Crippen LogP contribution in [-0.4, -0.2) is 20.0 Å². The minimum absolute atomic E-state index is 0.156. The van der Waals surface area contributed by atoms with Crippen molar-refractivity contribution in [2.45, 2.75) is 6.54 Å². The molecular weight excluding hydrogens is 371 g/mol. The minimum Gasteiger partial charge on any atom is -0.322 e. The monoisotopic (exact) mass is 384 g/mol. The fraction of sp³-hybridized carbons (Fsp3) is 0.0556. The van der Waals surface area contributed by atoms with E-state index in [1.165, 1.54) is 41.2 Å². The number of nitrogens with one attached hydrogen (secondary N) is 1. The summed E-state index contributed by atoms with van der Waals surface area (Å²) in [5, 5.41) is 13.1. The number of aromatic nitrogens is 2. The Morgan fingerprint density at radius 3 is 2.57 bits per heavy atom. The first-order chi connectivity index (χ1) is 13.4. The third-order valence-corrected chi connectivity index (χ3v) is 3.84. The molecule has 9 nitrogen and oxygen atoms in total. The quantitative estimate of drug-likeness (QED) is 0.531. The van der Waals surface area contributed by atoms with Crippen molar-refractivity contribution in [2.24, 2.45) is 0 Å². The van der Waals surface area contributed by atoms with E-state index in [1.54, 1.807) is 12.1 Å². The van der Waals surface area contributed by atoms with Gasteiger partial charge in [0.05, 0.1) is 16.3 Å². The van der Waals surface area contributed by atoms with Crippen molar-refractivity contribution in [1.82, 2.24) is 9.13 Å². The molecule has 0 atom stereocenters. The predicted octanol–water partition coefficient (Wildman–Crippen LogP) is 1.69. The number of carbonyl (C=O) groups excluding carboxylic acids is 1. The lowest BCUT2D eigenvalue weighted by Crippen LogP contribution is -2.28. The summed E-state index contributed by atoms with van der Waals surface area (Å²) in [5.74, 6) is -1.53. The lowest BCUT2D eigenvalue weighted by atomic mass is 10.2. The van der Waals surface area contributed by atoms with Crippen LogP contribution >= 0.6 is 0 Å². The molecule has 28 heavy (non-hydrogen) atoms. The molecule has 1 N–H and O–H groups in total. The average Bonchev–Trinajstić information content (AvgIpc) is 2.65. The number of pyridine rings is 2. The van der Waals surface area contributed by atoms with Crippen molar-refractivity contribution in [3.8, 4) is 5.69 Å². The van der Waals surface area contributed by atoms with Gasteiger partial charge >= 0.3 is 11.2 Å². The standard InChI is InChI=1S/C18H13FN4O5/c19-13-10-12(22-9-2-1-5-17(22)25)6-7-14(13)20-16(24)11-21-8-3-4-15(18(21)26)23(27)28/h1-10H,11H2,(H,20,24). The van der Waals surface area contributed by atoms with Crippen molar-refractivity contribution in [3.63, 3.8) is 0 Å². The lowest BCUT2D eigenvalue weighted by Gasteiger charge is -2.10. The van der Waals surface area contributed by atoms with Gasteiger partial charge in [0.25, 0.3) is 5.56 Å². The zero-order valence-corrected chi connectivity index (χ0v) is 14.2. The Kier molecular flexibility index (Phi) is 5.12. The first-order valence-corrected chi connectivity index (χ1v) is 7.98. The van der Waals surface area contributed by atoms with Crippen LogP contribution in [0.15, 0.2) is 70.5 Å². The van der Waals surface area contributed by atoms with E-state index in [-0.39, 0.29) is 16.9 Å². The van der Waals surface area contributed by atoms with Crippen LogP contribution in [0, 0.1) is 15.9 Å². The number of halogens is 1. The molecule has 0 radical (unpaired) electrons. The fourth-order valence-electron chi connectivity index (χ4n) is 2.53. The smallest absolute Gasteiger partial charge is 0.322 e. The second-order valence-corrected chi connectivity index (χ2v) is 5.70. The number of rotatable bonds is 5. The Bertz CT molecular complexity index is 1180. The molecule has 1 amide bonds. The number of nitro groups is 1. The highest BCUT2D eigenvalue weighted by molar-refractivity contribution is 5.90. The predicted molar refractivity (Wildman–Crippen MR) is 98.0 cm³/mol. The molecule has 0 aliphatic heterocycles. The Hall–Kier alpha value is -4.08. The molecule has 0 aliphatic rings. The van der Waals surface area contributed by atoms with Crippen molar-refractivity contribution in [3.05, 3.63) is 97.6 Å². The van der Waals surface area contributed by atoms with E-state index in [0.717, 1.165) is 16.7 Å². The summed E-state index contributed by atoms with van der Waals surface area (Å²) in [5.41, 5.74) is -1.84. The first-order valence-electron chi connectivity index (χ1n) is 7.98. The van der Waals surface area contributed by atoms with Crippen LogP contribution in [0.2, 0.25) is 0 Å². The molecule has 2 heterocycles. The second-order valence-electron chi connectivity index (χ2n) is 5.70. The molecule has 3 rings (SSSR count). The summed E-state index contributed by atoms with van der Waals surface area (Å²) in [6.45, 7) is -0.528. The highest BCUT2D eigenvalue weighted by Gasteiger charge is 2.16. The molecule has 0 unspecified atom stereocenters. The number of anilines is 1. The van der Waals surface area contributed by atoms with Gasteiger partial charge in [0.1, 0.15) is 12.4 Å². The lowest BCUT2D eigenvalue weighted by molar-refractivity contribution is -0.386. The molecule has 10 heteroatoms. The van der Waals surface area contributed by atoms with E-state index >= 15 is 0 Å². The molecule has 0 bridgehead atoms. The number of amides is 1. The van der Waals surface area contributed by atoms with Crippen molar-refractivity contribution in [2.75, 3.05) is 5.32 Å². The van der Waals surface area contributed by atoms with E-state index in [0.29, 0.717) is 0 Å². The average molecular weight is 384 g/mol. The van der Waals surface area contributed by atoms with E-state index in [9.17, 15) is 28.9 Å². The van der Waals surface area contributed by atoms with Gasteiger partial charge in [0, 0.05) is 30.6 Å². The van der Waals surface area contributed by atoms with Crippen LogP contribution in [0.4, 0.5) is 15.8 Å². The van der Waals surface area contributed by atoms with Gasteiger partial charge in [-0.15, -0.1) is 0 Å². The van der Waals surface area contributed by atoms with Crippen LogP contribution in [0.5, 0.6) is 0 Å². The van der Waals surface area contributed by atoms with Gasteiger partial charge in [-0.1, -0.05) is 6.07 Å². The van der Waals surface area contributed by atoms with Crippen molar-refractivity contribution < 1.29 is 14.1 Å². The fourth-order valence-corrected chi connectivity index (χ4v) is 2.53. The van der Waals surface area contributed by atoms with Crippen LogP contribution in [0.25, 0.3) is 5.69 Å². The van der Waals surface area contributed by atoms with Gasteiger partial charge in [-0.2, -0.15) is 0 Å². The molecule has 0 saturated carbocycles. The highest BCUT2D eigenvalue weighted by Crippen LogP contribution is 2.17. The number of carbonyl (C=O) groups is 1.